The van der Waals surface area contributed by atoms with Gasteiger partial charge >= 0.3 is 6.18 Å². The maximum absolute atomic E-state index is 14.5. The Balaban J connectivity index is 1.64. The largest absolute Gasteiger partial charge is 0.416 e. The fourth-order valence-electron chi connectivity index (χ4n) is 4.26. The SMILES string of the molecule is Cc1ccc(N2CC(=O)N(Cc3ccc(C(F)(F)F)cc3)C3(CC(O)C3)C2=O)c(F)c1. The zero-order valence-electron chi connectivity index (χ0n) is 16.6. The molecule has 0 atom stereocenters. The molecule has 1 heterocycles. The first-order valence-electron chi connectivity index (χ1n) is 9.74. The standard InChI is InChI=1S/C22H20F4N2O3/c1-13-2-7-18(17(23)8-13)27-12-19(30)28(21(20(27)31)9-16(29)10-21)11-14-3-5-15(6-4-14)22(24,25)26/h2-8,16,29H,9-12H2,1H3. The Morgan fingerprint density at radius 2 is 1.74 bits per heavy atom. The van der Waals surface area contributed by atoms with E-state index in [0.29, 0.717) is 11.1 Å². The number of amides is 2. The molecule has 0 aromatic heterocycles. The zero-order chi connectivity index (χ0) is 22.6. The first-order valence-corrected chi connectivity index (χ1v) is 9.74. The van der Waals surface area contributed by atoms with Crippen molar-refractivity contribution in [1.29, 1.82) is 0 Å². The molecule has 5 nitrogen and oxygen atoms in total. The summed E-state index contributed by atoms with van der Waals surface area (Å²) in [4.78, 5) is 28.7. The van der Waals surface area contributed by atoms with E-state index in [2.05, 4.69) is 0 Å². The predicted octanol–water partition coefficient (Wildman–Crippen LogP) is 3.42. The maximum atomic E-state index is 14.5. The van der Waals surface area contributed by atoms with Gasteiger partial charge in [-0.1, -0.05) is 18.2 Å². The van der Waals surface area contributed by atoms with E-state index in [1.165, 1.54) is 29.2 Å². The molecular weight excluding hydrogens is 416 g/mol. The smallest absolute Gasteiger partial charge is 0.393 e. The molecule has 164 valence electrons. The number of benzene rings is 2. The Morgan fingerprint density at radius 1 is 1.10 bits per heavy atom. The van der Waals surface area contributed by atoms with Crippen LogP contribution in [0.4, 0.5) is 23.2 Å². The molecule has 1 saturated heterocycles. The van der Waals surface area contributed by atoms with Crippen molar-refractivity contribution in [3.8, 4) is 0 Å². The molecule has 0 radical (unpaired) electrons. The van der Waals surface area contributed by atoms with Gasteiger partial charge in [0.15, 0.2) is 0 Å². The predicted molar refractivity (Wildman–Crippen MR) is 103 cm³/mol. The third-order valence-electron chi connectivity index (χ3n) is 5.92. The molecule has 1 aliphatic heterocycles. The number of piperazine rings is 1. The summed E-state index contributed by atoms with van der Waals surface area (Å²) in [5, 5.41) is 9.92. The van der Waals surface area contributed by atoms with Crippen LogP contribution in [0.2, 0.25) is 0 Å². The minimum Gasteiger partial charge on any atom is -0.393 e. The van der Waals surface area contributed by atoms with Crippen molar-refractivity contribution in [2.24, 2.45) is 0 Å². The maximum Gasteiger partial charge on any atom is 0.416 e. The van der Waals surface area contributed by atoms with Gasteiger partial charge < -0.3 is 10.0 Å². The van der Waals surface area contributed by atoms with Gasteiger partial charge in [-0.2, -0.15) is 13.2 Å². The summed E-state index contributed by atoms with van der Waals surface area (Å²) in [6.45, 7) is 1.22. The van der Waals surface area contributed by atoms with E-state index >= 15 is 0 Å². The third-order valence-corrected chi connectivity index (χ3v) is 5.92. The highest BCUT2D eigenvalue weighted by Crippen LogP contribution is 2.44. The van der Waals surface area contributed by atoms with E-state index in [1.54, 1.807) is 13.0 Å². The number of rotatable bonds is 3. The summed E-state index contributed by atoms with van der Waals surface area (Å²) in [7, 11) is 0. The van der Waals surface area contributed by atoms with Crippen molar-refractivity contribution in [3.05, 3.63) is 65.0 Å². The minimum absolute atomic E-state index is 0.0117. The normalized spacial score (nSPS) is 24.0. The number of carbonyl (C=O) groups excluding carboxylic acids is 2. The number of aliphatic hydroxyl groups excluding tert-OH is 1. The lowest BCUT2D eigenvalue weighted by molar-refractivity contribution is -0.167. The van der Waals surface area contributed by atoms with Crippen LogP contribution in [-0.2, 0) is 22.3 Å². The Kier molecular flexibility index (Phi) is 5.04. The van der Waals surface area contributed by atoms with Crippen LogP contribution in [0.25, 0.3) is 0 Å². The van der Waals surface area contributed by atoms with Crippen LogP contribution in [0, 0.1) is 12.7 Å². The van der Waals surface area contributed by atoms with Gasteiger partial charge in [-0.15, -0.1) is 0 Å². The van der Waals surface area contributed by atoms with Crippen LogP contribution < -0.4 is 4.90 Å². The van der Waals surface area contributed by atoms with Gasteiger partial charge in [0.1, 0.15) is 17.9 Å². The molecular formula is C22H20F4N2O3. The summed E-state index contributed by atoms with van der Waals surface area (Å²) in [5.74, 6) is -1.61. The van der Waals surface area contributed by atoms with Crippen molar-refractivity contribution >= 4 is 17.5 Å². The van der Waals surface area contributed by atoms with Gasteiger partial charge in [0.2, 0.25) is 5.91 Å². The molecule has 1 aliphatic carbocycles. The Morgan fingerprint density at radius 3 is 2.29 bits per heavy atom. The second-order valence-electron chi connectivity index (χ2n) is 8.11. The van der Waals surface area contributed by atoms with Crippen LogP contribution in [0.1, 0.15) is 29.5 Å². The molecule has 2 aromatic carbocycles. The van der Waals surface area contributed by atoms with E-state index in [9.17, 15) is 32.3 Å². The van der Waals surface area contributed by atoms with Gasteiger partial charge in [-0.05, 0) is 42.3 Å². The van der Waals surface area contributed by atoms with Crippen molar-refractivity contribution in [2.75, 3.05) is 11.4 Å². The summed E-state index contributed by atoms with van der Waals surface area (Å²) in [5.41, 5.74) is -1.10. The van der Waals surface area contributed by atoms with E-state index in [0.717, 1.165) is 17.0 Å². The molecule has 1 spiro atoms. The fourth-order valence-corrected chi connectivity index (χ4v) is 4.26. The van der Waals surface area contributed by atoms with E-state index < -0.39 is 47.6 Å². The summed E-state index contributed by atoms with van der Waals surface area (Å²) >= 11 is 0. The number of hydrogen-bond acceptors (Lipinski definition) is 3. The van der Waals surface area contributed by atoms with E-state index in [4.69, 9.17) is 0 Å². The number of anilines is 1. The topological polar surface area (TPSA) is 60.9 Å². The minimum atomic E-state index is -4.48. The van der Waals surface area contributed by atoms with Gasteiger partial charge in [-0.3, -0.25) is 14.5 Å². The first kappa shape index (κ1) is 21.3. The van der Waals surface area contributed by atoms with Crippen molar-refractivity contribution in [1.82, 2.24) is 4.90 Å². The van der Waals surface area contributed by atoms with Crippen LogP contribution in [0.15, 0.2) is 42.5 Å². The molecule has 9 heteroatoms. The average molecular weight is 436 g/mol. The highest BCUT2D eigenvalue weighted by atomic mass is 19.4. The van der Waals surface area contributed by atoms with E-state index in [1.807, 2.05) is 0 Å². The van der Waals surface area contributed by atoms with Gasteiger partial charge in [0.25, 0.3) is 5.91 Å². The number of aryl methyl sites for hydroxylation is 1. The monoisotopic (exact) mass is 436 g/mol. The van der Waals surface area contributed by atoms with Crippen molar-refractivity contribution in [3.63, 3.8) is 0 Å². The molecule has 2 amide bonds. The second kappa shape index (κ2) is 7.33. The van der Waals surface area contributed by atoms with Crippen molar-refractivity contribution in [2.45, 2.75) is 44.1 Å². The summed E-state index contributed by atoms with van der Waals surface area (Å²) in [6, 6.07) is 8.69. The molecule has 2 fully saturated rings. The van der Waals surface area contributed by atoms with Crippen LogP contribution in [0.3, 0.4) is 0 Å². The number of alkyl halides is 3. The highest BCUT2D eigenvalue weighted by Gasteiger charge is 2.60. The van der Waals surface area contributed by atoms with Gasteiger partial charge in [-0.25, -0.2) is 4.39 Å². The third kappa shape index (κ3) is 3.67. The molecule has 2 aromatic rings. The molecule has 0 bridgehead atoms. The Labute approximate surface area is 175 Å². The Bertz CT molecular complexity index is 1030. The van der Waals surface area contributed by atoms with Crippen LogP contribution in [0.5, 0.6) is 0 Å². The van der Waals surface area contributed by atoms with Gasteiger partial charge in [0.05, 0.1) is 17.4 Å². The molecule has 31 heavy (non-hydrogen) atoms. The van der Waals surface area contributed by atoms with Crippen LogP contribution in [-0.4, -0.2) is 40.0 Å². The number of carbonyl (C=O) groups is 2. The molecule has 1 saturated carbocycles. The number of aliphatic hydroxyl groups is 1. The summed E-state index contributed by atoms with van der Waals surface area (Å²) < 4.78 is 52.9. The van der Waals surface area contributed by atoms with Crippen LogP contribution >= 0.6 is 0 Å². The Hall–Kier alpha value is -2.94. The number of nitrogens with zero attached hydrogens (tertiary/aromatic N) is 2. The van der Waals surface area contributed by atoms with E-state index in [-0.39, 0.29) is 25.1 Å². The number of hydrogen-bond donors (Lipinski definition) is 1. The molecule has 2 aliphatic rings. The zero-order valence-corrected chi connectivity index (χ0v) is 16.6. The average Bonchev–Trinajstić information content (AvgIpc) is 2.66. The molecule has 1 N–H and O–H groups in total. The highest BCUT2D eigenvalue weighted by molar-refractivity contribution is 6.09. The van der Waals surface area contributed by atoms with Gasteiger partial charge in [0, 0.05) is 19.4 Å². The molecule has 4 rings (SSSR count). The lowest BCUT2D eigenvalue weighted by Gasteiger charge is -2.55. The fraction of sp³-hybridized carbons (Fsp3) is 0.364. The quantitative estimate of drug-likeness (QED) is 0.751. The summed E-state index contributed by atoms with van der Waals surface area (Å²) in [6.07, 6.45) is -5.30. The molecule has 0 unspecified atom stereocenters. The number of halogens is 4. The first-order chi connectivity index (χ1) is 14.5. The second-order valence-corrected chi connectivity index (χ2v) is 8.11. The lowest BCUT2D eigenvalue weighted by atomic mass is 9.70. The van der Waals surface area contributed by atoms with Crippen molar-refractivity contribution < 1.29 is 32.3 Å². The lowest BCUT2D eigenvalue weighted by Crippen LogP contribution is -2.73.